The highest BCUT2D eigenvalue weighted by Crippen LogP contribution is 2.06. The van der Waals surface area contributed by atoms with E-state index in [1.807, 2.05) is 19.2 Å². The summed E-state index contributed by atoms with van der Waals surface area (Å²) in [5, 5.41) is 0. The van der Waals surface area contributed by atoms with Crippen molar-refractivity contribution in [3.05, 3.63) is 29.6 Å². The molecule has 60 valence electrons. The first-order chi connectivity index (χ1) is 5.24. The average Bonchev–Trinajstić information content (AvgIpc) is 2.05. The third-order valence-corrected chi connectivity index (χ3v) is 1.72. The van der Waals surface area contributed by atoms with Gasteiger partial charge in [0, 0.05) is 12.2 Å². The van der Waals surface area contributed by atoms with Crippen LogP contribution in [0.2, 0.25) is 0 Å². The summed E-state index contributed by atoms with van der Waals surface area (Å²) in [6.45, 7) is 4.05. The van der Waals surface area contributed by atoms with Gasteiger partial charge >= 0.3 is 0 Å². The molecule has 1 rings (SSSR count). The Labute approximate surface area is 67.5 Å². The van der Waals surface area contributed by atoms with Crippen molar-refractivity contribution in [2.24, 2.45) is 5.73 Å². The van der Waals surface area contributed by atoms with Gasteiger partial charge in [0.25, 0.3) is 0 Å². The van der Waals surface area contributed by atoms with E-state index >= 15 is 0 Å². The number of aryl methyl sites for hydroxylation is 1. The second-order valence-corrected chi connectivity index (χ2v) is 2.73. The summed E-state index contributed by atoms with van der Waals surface area (Å²) in [5.74, 6) is 0. The minimum atomic E-state index is 0.0425. The van der Waals surface area contributed by atoms with Crippen LogP contribution in [0.4, 0.5) is 0 Å². The van der Waals surface area contributed by atoms with Gasteiger partial charge in [-0.05, 0) is 25.0 Å². The fraction of sp³-hybridized carbons (Fsp3) is 0.444. The molecule has 2 N–H and O–H groups in total. The van der Waals surface area contributed by atoms with Crippen LogP contribution in [0.5, 0.6) is 0 Å². The van der Waals surface area contributed by atoms with Gasteiger partial charge in [0.2, 0.25) is 0 Å². The van der Waals surface area contributed by atoms with E-state index in [0.29, 0.717) is 0 Å². The van der Waals surface area contributed by atoms with Crippen molar-refractivity contribution >= 4 is 0 Å². The Morgan fingerprint density at radius 2 is 2.27 bits per heavy atom. The van der Waals surface area contributed by atoms with Crippen molar-refractivity contribution in [2.75, 3.05) is 0 Å². The van der Waals surface area contributed by atoms with Crippen molar-refractivity contribution in [3.63, 3.8) is 0 Å². The number of hydrogen-bond donors (Lipinski definition) is 1. The van der Waals surface area contributed by atoms with Crippen LogP contribution < -0.4 is 5.73 Å². The van der Waals surface area contributed by atoms with Crippen LogP contribution in [0, 0.1) is 0 Å². The molecule has 0 saturated carbocycles. The van der Waals surface area contributed by atoms with Crippen molar-refractivity contribution in [1.82, 2.24) is 4.98 Å². The number of pyridine rings is 1. The van der Waals surface area contributed by atoms with Crippen LogP contribution in [-0.2, 0) is 6.42 Å². The topological polar surface area (TPSA) is 38.9 Å². The van der Waals surface area contributed by atoms with Gasteiger partial charge in [-0.1, -0.05) is 13.0 Å². The zero-order valence-corrected chi connectivity index (χ0v) is 7.04. The van der Waals surface area contributed by atoms with Gasteiger partial charge in [-0.25, -0.2) is 0 Å². The van der Waals surface area contributed by atoms with Crippen molar-refractivity contribution in [1.29, 1.82) is 0 Å². The van der Waals surface area contributed by atoms with E-state index in [2.05, 4.69) is 18.0 Å². The third kappa shape index (κ3) is 2.02. The van der Waals surface area contributed by atoms with Gasteiger partial charge in [0.05, 0.1) is 5.69 Å². The smallest absolute Gasteiger partial charge is 0.0568 e. The molecular weight excluding hydrogens is 136 g/mol. The van der Waals surface area contributed by atoms with E-state index in [0.717, 1.165) is 12.1 Å². The predicted molar refractivity (Wildman–Crippen MR) is 46.2 cm³/mol. The number of aromatic nitrogens is 1. The fourth-order valence-corrected chi connectivity index (χ4v) is 0.914. The van der Waals surface area contributed by atoms with Gasteiger partial charge < -0.3 is 5.73 Å². The van der Waals surface area contributed by atoms with E-state index in [-0.39, 0.29) is 6.04 Å². The molecule has 1 atom stereocenters. The van der Waals surface area contributed by atoms with E-state index in [1.165, 1.54) is 5.56 Å². The van der Waals surface area contributed by atoms with Crippen molar-refractivity contribution < 1.29 is 0 Å². The molecule has 2 heteroatoms. The molecule has 11 heavy (non-hydrogen) atoms. The summed E-state index contributed by atoms with van der Waals surface area (Å²) in [7, 11) is 0. The van der Waals surface area contributed by atoms with E-state index < -0.39 is 0 Å². The molecule has 0 spiro atoms. The number of nitrogens with zero attached hydrogens (tertiary/aromatic N) is 1. The summed E-state index contributed by atoms with van der Waals surface area (Å²) >= 11 is 0. The maximum absolute atomic E-state index is 5.64. The molecule has 0 aromatic carbocycles. The van der Waals surface area contributed by atoms with Gasteiger partial charge in [-0.15, -0.1) is 0 Å². The highest BCUT2D eigenvalue weighted by Gasteiger charge is 1.98. The lowest BCUT2D eigenvalue weighted by Gasteiger charge is -2.03. The Morgan fingerprint density at radius 1 is 1.55 bits per heavy atom. The molecule has 2 nitrogen and oxygen atoms in total. The molecule has 0 aliphatic heterocycles. The van der Waals surface area contributed by atoms with Crippen LogP contribution in [0.1, 0.15) is 31.1 Å². The lowest BCUT2D eigenvalue weighted by molar-refractivity contribution is 0.778. The Kier molecular flexibility index (Phi) is 2.60. The zero-order valence-electron chi connectivity index (χ0n) is 7.04. The highest BCUT2D eigenvalue weighted by molar-refractivity contribution is 5.15. The third-order valence-electron chi connectivity index (χ3n) is 1.72. The molecule has 1 aromatic heterocycles. The van der Waals surface area contributed by atoms with Crippen molar-refractivity contribution in [2.45, 2.75) is 26.3 Å². The summed E-state index contributed by atoms with van der Waals surface area (Å²) in [6.07, 6.45) is 2.92. The number of hydrogen-bond acceptors (Lipinski definition) is 2. The summed E-state index contributed by atoms with van der Waals surface area (Å²) in [6, 6.07) is 4.11. The molecule has 0 unspecified atom stereocenters. The van der Waals surface area contributed by atoms with Gasteiger partial charge in [0.1, 0.15) is 0 Å². The lowest BCUT2D eigenvalue weighted by atomic mass is 10.2. The zero-order chi connectivity index (χ0) is 8.27. The summed E-state index contributed by atoms with van der Waals surface area (Å²) < 4.78 is 0. The minimum absolute atomic E-state index is 0.0425. The number of nitrogens with two attached hydrogens (primary N) is 1. The minimum Gasteiger partial charge on any atom is -0.323 e. The maximum atomic E-state index is 5.64. The SMILES string of the molecule is CCc1ccc([C@@H](C)N)nc1. The molecule has 0 aliphatic rings. The molecule has 0 radical (unpaired) electrons. The van der Waals surface area contributed by atoms with E-state index in [4.69, 9.17) is 5.73 Å². The lowest BCUT2D eigenvalue weighted by Crippen LogP contribution is -2.06. The highest BCUT2D eigenvalue weighted by atomic mass is 14.8. The largest absolute Gasteiger partial charge is 0.323 e. The average molecular weight is 150 g/mol. The Hall–Kier alpha value is -0.890. The maximum Gasteiger partial charge on any atom is 0.0568 e. The first-order valence-corrected chi connectivity index (χ1v) is 3.94. The van der Waals surface area contributed by atoms with Crippen LogP contribution in [0.15, 0.2) is 18.3 Å². The second-order valence-electron chi connectivity index (χ2n) is 2.73. The Morgan fingerprint density at radius 3 is 2.64 bits per heavy atom. The van der Waals surface area contributed by atoms with Crippen LogP contribution in [0.25, 0.3) is 0 Å². The van der Waals surface area contributed by atoms with Gasteiger partial charge in [-0.3, -0.25) is 4.98 Å². The first-order valence-electron chi connectivity index (χ1n) is 3.94. The van der Waals surface area contributed by atoms with Crippen LogP contribution >= 0.6 is 0 Å². The normalized spacial score (nSPS) is 13.0. The van der Waals surface area contributed by atoms with Crippen LogP contribution in [-0.4, -0.2) is 4.98 Å². The quantitative estimate of drug-likeness (QED) is 0.696. The predicted octanol–water partition coefficient (Wildman–Crippen LogP) is 1.66. The first kappa shape index (κ1) is 8.21. The monoisotopic (exact) mass is 150 g/mol. The molecule has 0 bridgehead atoms. The standard InChI is InChI=1S/C9H14N2/c1-3-8-4-5-9(7(2)10)11-6-8/h4-7H,3,10H2,1-2H3/t7-/m1/s1. The molecular formula is C9H14N2. The Bertz CT molecular complexity index is 214. The number of rotatable bonds is 2. The van der Waals surface area contributed by atoms with Crippen molar-refractivity contribution in [3.8, 4) is 0 Å². The van der Waals surface area contributed by atoms with E-state index in [9.17, 15) is 0 Å². The Balaban J connectivity index is 2.83. The molecule has 0 aliphatic carbocycles. The second kappa shape index (κ2) is 3.49. The fourth-order valence-electron chi connectivity index (χ4n) is 0.914. The van der Waals surface area contributed by atoms with E-state index in [1.54, 1.807) is 0 Å². The van der Waals surface area contributed by atoms with Gasteiger partial charge in [0.15, 0.2) is 0 Å². The van der Waals surface area contributed by atoms with Gasteiger partial charge in [-0.2, -0.15) is 0 Å². The molecule has 0 amide bonds. The molecule has 0 saturated heterocycles. The molecule has 1 heterocycles. The molecule has 0 fully saturated rings. The summed E-state index contributed by atoms with van der Waals surface area (Å²) in [5.41, 5.74) is 7.86. The van der Waals surface area contributed by atoms with Crippen LogP contribution in [0.3, 0.4) is 0 Å². The summed E-state index contributed by atoms with van der Waals surface area (Å²) in [4.78, 5) is 4.22. The molecule has 1 aromatic rings.